The van der Waals surface area contributed by atoms with Crippen molar-refractivity contribution in [2.45, 2.75) is 200 Å². The molecular weight excluding hydrogens is 1410 g/mol. The second-order valence-corrected chi connectivity index (χ2v) is 27.0. The number of ether oxygens (including phenoxy) is 14. The maximum Gasteiger partial charge on any atom is 0.397 e. The smallest absolute Gasteiger partial charge is 0.397 e. The first kappa shape index (κ1) is 80.0. The Balaban J connectivity index is 1.14. The zero-order valence-corrected chi connectivity index (χ0v) is 54.8. The highest BCUT2D eigenvalue weighted by molar-refractivity contribution is 8.00. The summed E-state index contributed by atoms with van der Waals surface area (Å²) in [6, 6.07) is -1.35. The molecule has 7 fully saturated rings. The molecule has 0 spiro atoms. The molecular formula is C47H77N3O42S4. The molecule has 0 saturated carbocycles. The largest absolute Gasteiger partial charge is 0.435 e. The van der Waals surface area contributed by atoms with E-state index in [0.717, 1.165) is 27.1 Å². The number of fused-ring (bicyclic) bond motifs is 1. The van der Waals surface area contributed by atoms with Crippen LogP contribution >= 0.6 is 11.8 Å². The first-order valence-electron chi connectivity index (χ1n) is 28.9. The SMILES string of the molecule is COC1[C@H](O[C@H]2C(OOO)C(OOO)[C@@H](O[C@H]3C(OC)C(C)[C@@H](O[C@@H]4C(COS(=O)(=O)O)O[C@H](OC)C(OOO)[C@H]4OOO)O[C@H]3OC=O)O[C@H]2COS(=O)(=O)O)OC(OC=O)[C@@H](O[C@@H]2OC(COS(=O)(=O)O)[C@@H](C)[C@H](C)C2NC(=O)CCCCC2SCC3NC(=O)NC32)[C@@H]1C. The molecule has 7 saturated heterocycles. The Labute approximate surface area is 550 Å². The Morgan fingerprint density at radius 3 is 1.52 bits per heavy atom. The molecule has 7 aliphatic rings. The van der Waals surface area contributed by atoms with Gasteiger partial charge >= 0.3 is 37.2 Å². The Bertz CT molecular complexity index is 2810. The van der Waals surface area contributed by atoms with Gasteiger partial charge in [-0.05, 0) is 24.7 Å². The van der Waals surface area contributed by atoms with Gasteiger partial charge in [0, 0.05) is 50.6 Å². The molecule has 0 radical (unpaired) electrons. The number of hydrogen-bond donors (Lipinski definition) is 10. The van der Waals surface area contributed by atoms with Crippen LogP contribution in [0, 0.1) is 23.7 Å². The first-order valence-corrected chi connectivity index (χ1v) is 34.1. The van der Waals surface area contributed by atoms with Crippen LogP contribution in [0.2, 0.25) is 0 Å². The van der Waals surface area contributed by atoms with E-state index in [2.05, 4.69) is 44.5 Å². The van der Waals surface area contributed by atoms with Gasteiger partial charge in [-0.25, -0.2) is 38.4 Å². The second kappa shape index (κ2) is 36.5. The quantitative estimate of drug-likeness (QED) is 0.00760. The van der Waals surface area contributed by atoms with Gasteiger partial charge in [-0.3, -0.25) is 28.0 Å². The Hall–Kier alpha value is -3.32. The zero-order valence-electron chi connectivity index (χ0n) is 51.5. The van der Waals surface area contributed by atoms with Gasteiger partial charge in [0.2, 0.25) is 18.5 Å². The number of nitrogens with one attached hydrogen (secondary N) is 3. The summed E-state index contributed by atoms with van der Waals surface area (Å²) >= 11 is 1.71. The van der Waals surface area contributed by atoms with E-state index in [4.69, 9.17) is 90.0 Å². The van der Waals surface area contributed by atoms with Gasteiger partial charge in [0.05, 0.1) is 50.2 Å². The van der Waals surface area contributed by atoms with E-state index in [1.807, 2.05) is 0 Å². The van der Waals surface area contributed by atoms with Crippen molar-refractivity contribution in [3.63, 3.8) is 0 Å². The lowest BCUT2D eigenvalue weighted by molar-refractivity contribution is -0.573. The lowest BCUT2D eigenvalue weighted by atomic mass is 9.82. The highest BCUT2D eigenvalue weighted by Crippen LogP contribution is 2.42. The molecule has 13 unspecified atom stereocenters. The summed E-state index contributed by atoms with van der Waals surface area (Å²) in [5.41, 5.74) is 0. The number of carbonyl (C=O) groups is 4. The van der Waals surface area contributed by atoms with E-state index in [1.165, 1.54) is 13.8 Å². The summed E-state index contributed by atoms with van der Waals surface area (Å²) in [7, 11) is -12.4. The fraction of sp³-hybridized carbons (Fsp3) is 0.915. The number of rotatable bonds is 38. The standard InChI is InChI=1S/C47H77N3O42S4/c1-18-19(2)28(49-27(53)11-9-8-10-26-29-22(15-93-26)48-47(54)50-29)41(76-23(18)12-73-94(59,60)61)79-32-20(3)31(69-6)45(84-43(32)71-16-51)81-34-25(14-75-96(65,66)67)78-46(39(88-92-58)36(34)86-90-56)82-37-30(68-5)21(4)40(83-44(37)72-17-52)80-33-24(13-74-95(62,63)64)77-42(70-7)38(87-91-57)35(33)85-89-55/h16-26,28-46,55-58H,8-15H2,1-7H3,(H,49,53)(H2,48,50,54)(H,59,60,61)(H,62,63,64)(H,65,66,67)/t18-,19-,20+,21?,22?,23?,24?,25-,26?,28?,29?,30?,31?,32-,33+,34+,35-,36?,37-,38?,39?,40-,41-,42-,43?,44+,45+,46+/m0/s1. The van der Waals surface area contributed by atoms with Gasteiger partial charge in [-0.1, -0.05) is 54.3 Å². The number of carbonyl (C=O) groups excluding carboxylic acids is 4. The zero-order chi connectivity index (χ0) is 70.4. The van der Waals surface area contributed by atoms with Crippen molar-refractivity contribution in [3.05, 3.63) is 0 Å². The van der Waals surface area contributed by atoms with Crippen molar-refractivity contribution in [2.75, 3.05) is 46.9 Å². The second-order valence-electron chi connectivity index (χ2n) is 22.5. The van der Waals surface area contributed by atoms with Gasteiger partial charge < -0.3 is 82.3 Å². The molecule has 0 aliphatic carbocycles. The van der Waals surface area contributed by atoms with Gasteiger partial charge in [0.15, 0.2) is 55.9 Å². The van der Waals surface area contributed by atoms with Crippen LogP contribution in [0.15, 0.2) is 0 Å². The van der Waals surface area contributed by atoms with Crippen LogP contribution in [-0.4, -0.2) is 278 Å². The molecule has 7 rings (SSSR count). The van der Waals surface area contributed by atoms with Crippen LogP contribution in [-0.2, 0) is 164 Å². The van der Waals surface area contributed by atoms with E-state index in [0.29, 0.717) is 19.3 Å². The molecule has 96 heavy (non-hydrogen) atoms. The summed E-state index contributed by atoms with van der Waals surface area (Å²) in [6.07, 6.45) is -35.0. The maximum absolute atomic E-state index is 13.8. The molecule has 556 valence electrons. The summed E-state index contributed by atoms with van der Waals surface area (Å²) in [4.78, 5) is 70.2. The minimum Gasteiger partial charge on any atom is -0.435 e. The number of methoxy groups -OCH3 is 3. The third-order valence-corrected chi connectivity index (χ3v) is 19.7. The highest BCUT2D eigenvalue weighted by Gasteiger charge is 2.60. The van der Waals surface area contributed by atoms with Crippen molar-refractivity contribution in [1.82, 2.24) is 16.0 Å². The van der Waals surface area contributed by atoms with E-state index >= 15 is 0 Å². The van der Waals surface area contributed by atoms with Crippen LogP contribution in [0.25, 0.3) is 0 Å². The molecule has 28 atom stereocenters. The summed E-state index contributed by atoms with van der Waals surface area (Å²) < 4.78 is 197. The number of unbranched alkanes of at least 4 members (excludes halogenated alkanes) is 1. The Morgan fingerprint density at radius 1 is 0.521 bits per heavy atom. The molecule has 49 heteroatoms. The third-order valence-electron chi connectivity index (χ3n) is 16.9. The molecule has 45 nitrogen and oxygen atoms in total. The molecule has 0 aromatic carbocycles. The van der Waals surface area contributed by atoms with Crippen molar-refractivity contribution in [2.24, 2.45) is 23.7 Å². The summed E-state index contributed by atoms with van der Waals surface area (Å²) in [5, 5.41) is 62.9. The van der Waals surface area contributed by atoms with Crippen LogP contribution in [0.4, 0.5) is 4.79 Å². The van der Waals surface area contributed by atoms with Crippen LogP contribution in [0.1, 0.15) is 53.4 Å². The topological polar surface area (TPSA) is 579 Å². The molecule has 0 bridgehead atoms. The van der Waals surface area contributed by atoms with E-state index in [-0.39, 0.29) is 42.7 Å². The van der Waals surface area contributed by atoms with Crippen LogP contribution in [0.5, 0.6) is 0 Å². The average molecular weight is 1480 g/mol. The minimum atomic E-state index is -5.44. The highest BCUT2D eigenvalue weighted by atomic mass is 32.3. The van der Waals surface area contributed by atoms with Gasteiger partial charge in [0.1, 0.15) is 42.7 Å². The predicted octanol–water partition coefficient (Wildman–Crippen LogP) is -2.54. The minimum absolute atomic E-state index is 0.00329. The van der Waals surface area contributed by atoms with Gasteiger partial charge in [-0.15, -0.1) is 0 Å². The van der Waals surface area contributed by atoms with Crippen molar-refractivity contribution < 1.29 is 198 Å². The molecule has 0 aromatic heterocycles. The van der Waals surface area contributed by atoms with Crippen molar-refractivity contribution in [3.8, 4) is 0 Å². The Morgan fingerprint density at radius 2 is 0.990 bits per heavy atom. The van der Waals surface area contributed by atoms with Gasteiger partial charge in [0.25, 0.3) is 12.9 Å². The monoisotopic (exact) mass is 1480 g/mol. The summed E-state index contributed by atoms with van der Waals surface area (Å²) in [5.74, 6) is -3.37. The number of thioether (sulfide) groups is 1. The van der Waals surface area contributed by atoms with Crippen molar-refractivity contribution in [1.29, 1.82) is 0 Å². The maximum atomic E-state index is 13.8. The molecule has 10 N–H and O–H groups in total. The third kappa shape index (κ3) is 20.9. The fourth-order valence-corrected chi connectivity index (χ4v) is 14.7. The number of urea groups is 1. The summed E-state index contributed by atoms with van der Waals surface area (Å²) in [6.45, 7) is 2.74. The molecule has 3 amide bonds. The number of amides is 3. The van der Waals surface area contributed by atoms with Gasteiger partial charge in [-0.2, -0.15) is 56.6 Å². The normalized spacial score (nSPS) is 39.8. The van der Waals surface area contributed by atoms with E-state index < -0.39 is 210 Å². The molecule has 7 heterocycles. The average Bonchev–Trinajstić information content (AvgIpc) is 1.02. The number of hydrogen-bond acceptors (Lipinski definition) is 40. The van der Waals surface area contributed by atoms with Crippen molar-refractivity contribution >= 4 is 67.8 Å². The van der Waals surface area contributed by atoms with Crippen LogP contribution in [0.3, 0.4) is 0 Å². The van der Waals surface area contributed by atoms with Crippen LogP contribution < -0.4 is 16.0 Å². The first-order chi connectivity index (χ1) is 45.6. The predicted molar refractivity (Wildman–Crippen MR) is 295 cm³/mol. The van der Waals surface area contributed by atoms with E-state index in [9.17, 15) is 79.1 Å². The fourth-order valence-electron chi connectivity index (χ4n) is 12.2. The molecule has 0 aromatic rings. The van der Waals surface area contributed by atoms with E-state index in [1.54, 1.807) is 25.6 Å². The lowest BCUT2D eigenvalue weighted by Crippen LogP contribution is -2.67. The Kier molecular flexibility index (Phi) is 30.4. The molecule has 7 aliphatic heterocycles. The lowest BCUT2D eigenvalue weighted by Gasteiger charge is -2.51.